The second kappa shape index (κ2) is 12.3. The van der Waals surface area contributed by atoms with Crippen molar-refractivity contribution in [2.45, 2.75) is 39.3 Å². The number of ketones is 1. The first kappa shape index (κ1) is 28.1. The normalized spacial score (nSPS) is 11.1. The van der Waals surface area contributed by atoms with E-state index in [1.54, 1.807) is 49.6 Å². The van der Waals surface area contributed by atoms with E-state index in [9.17, 15) is 14.4 Å². The van der Waals surface area contributed by atoms with Gasteiger partial charge in [0.2, 0.25) is 0 Å². The highest BCUT2D eigenvalue weighted by atomic mass is 32.2. The Balaban J connectivity index is 1.74. The summed E-state index contributed by atoms with van der Waals surface area (Å²) in [5, 5.41) is 3.68. The minimum Gasteiger partial charge on any atom is -0.497 e. The molecule has 4 aromatic rings. The van der Waals surface area contributed by atoms with Crippen LogP contribution in [0.15, 0.2) is 70.6 Å². The fourth-order valence-corrected chi connectivity index (χ4v) is 5.08. The molecule has 0 spiro atoms. The highest BCUT2D eigenvalue weighted by molar-refractivity contribution is 7.99. The molecule has 1 amide bonds. The van der Waals surface area contributed by atoms with Gasteiger partial charge in [-0.1, -0.05) is 43.3 Å². The molecule has 0 radical (unpaired) electrons. The summed E-state index contributed by atoms with van der Waals surface area (Å²) in [6.07, 6.45) is 0.874. The van der Waals surface area contributed by atoms with Gasteiger partial charge in [-0.15, -0.1) is 0 Å². The summed E-state index contributed by atoms with van der Waals surface area (Å²) in [7, 11) is 1.58. The van der Waals surface area contributed by atoms with Crippen molar-refractivity contribution >= 4 is 34.4 Å². The lowest BCUT2D eigenvalue weighted by molar-refractivity contribution is 0.0951. The second-order valence-corrected chi connectivity index (χ2v) is 10.9. The zero-order valence-corrected chi connectivity index (χ0v) is 23.7. The maximum Gasteiger partial charge on any atom is 0.266 e. The maximum atomic E-state index is 13.7. The molecular weight excluding hydrogens is 510 g/mol. The first-order chi connectivity index (χ1) is 18.7. The van der Waals surface area contributed by atoms with E-state index in [1.807, 2.05) is 32.0 Å². The molecule has 0 atom stereocenters. The summed E-state index contributed by atoms with van der Waals surface area (Å²) in [6, 6.07) is 17.8. The van der Waals surface area contributed by atoms with Crippen LogP contribution < -0.4 is 15.6 Å². The number of Topliss-reactive ketones (excluding diaryl/α,β-unsaturated/α-hetero) is 1. The van der Waals surface area contributed by atoms with E-state index in [0.717, 1.165) is 17.5 Å². The Morgan fingerprint density at radius 1 is 1.03 bits per heavy atom. The van der Waals surface area contributed by atoms with Crippen molar-refractivity contribution in [2.75, 3.05) is 19.4 Å². The highest BCUT2D eigenvalue weighted by Gasteiger charge is 2.18. The number of carbonyl (C=O) groups is 2. The largest absolute Gasteiger partial charge is 0.497 e. The molecule has 39 heavy (non-hydrogen) atoms. The van der Waals surface area contributed by atoms with Crippen LogP contribution in [0.4, 0.5) is 0 Å². The van der Waals surface area contributed by atoms with E-state index in [4.69, 9.17) is 9.72 Å². The van der Waals surface area contributed by atoms with E-state index in [0.29, 0.717) is 51.1 Å². The smallest absolute Gasteiger partial charge is 0.266 e. The summed E-state index contributed by atoms with van der Waals surface area (Å²) in [5.41, 5.74) is 3.73. The minimum absolute atomic E-state index is 0.0462. The Hall–Kier alpha value is -3.91. The summed E-state index contributed by atoms with van der Waals surface area (Å²) in [6.45, 7) is 8.63. The molecule has 8 heteroatoms. The molecule has 0 bridgehead atoms. The van der Waals surface area contributed by atoms with Gasteiger partial charge in [-0.3, -0.25) is 19.0 Å². The van der Waals surface area contributed by atoms with Crippen LogP contribution in [0.1, 0.15) is 52.1 Å². The molecule has 0 aliphatic rings. The van der Waals surface area contributed by atoms with Gasteiger partial charge in [-0.25, -0.2) is 4.98 Å². The first-order valence-corrected chi connectivity index (χ1v) is 13.9. The number of fused-ring (bicyclic) bond motifs is 1. The Kier molecular flexibility index (Phi) is 8.86. The average molecular weight is 544 g/mol. The number of rotatable bonds is 10. The number of nitrogens with zero attached hydrogens (tertiary/aromatic N) is 2. The van der Waals surface area contributed by atoms with Crippen LogP contribution in [-0.2, 0) is 0 Å². The fourth-order valence-electron chi connectivity index (χ4n) is 4.18. The second-order valence-electron chi connectivity index (χ2n) is 9.93. The van der Waals surface area contributed by atoms with Gasteiger partial charge in [0.25, 0.3) is 11.5 Å². The highest BCUT2D eigenvalue weighted by Crippen LogP contribution is 2.25. The molecule has 1 aromatic heterocycles. The molecule has 0 unspecified atom stereocenters. The van der Waals surface area contributed by atoms with Crippen molar-refractivity contribution < 1.29 is 14.3 Å². The van der Waals surface area contributed by atoms with Crippen molar-refractivity contribution in [1.29, 1.82) is 0 Å². The van der Waals surface area contributed by atoms with Crippen LogP contribution in [-0.4, -0.2) is 40.6 Å². The molecular formula is C31H33N3O4S. The molecule has 7 nitrogen and oxygen atoms in total. The van der Waals surface area contributed by atoms with Crippen LogP contribution in [0.25, 0.3) is 16.6 Å². The number of aryl methyl sites for hydroxylation is 2. The number of carbonyl (C=O) groups excluding carboxylic acids is 2. The topological polar surface area (TPSA) is 90.3 Å². The standard InChI is InChI=1S/C31H33N3O4S/c1-19(2)14-15-32-29(36)22-8-13-25-27(17-22)33-31(34(30(25)37)23-9-11-24(38-5)12-10-23)39-18-28(35)26-16-20(3)6-7-21(26)4/h6-13,16-17,19H,14-15,18H2,1-5H3,(H,32,36). The van der Waals surface area contributed by atoms with Gasteiger partial charge in [-0.05, 0) is 80.3 Å². The predicted molar refractivity (Wildman–Crippen MR) is 157 cm³/mol. The van der Waals surface area contributed by atoms with Gasteiger partial charge in [0, 0.05) is 17.7 Å². The number of hydrogen-bond donors (Lipinski definition) is 1. The van der Waals surface area contributed by atoms with Crippen molar-refractivity contribution in [3.8, 4) is 11.4 Å². The summed E-state index contributed by atoms with van der Waals surface area (Å²) in [5.74, 6) is 0.986. The van der Waals surface area contributed by atoms with Gasteiger partial charge in [0.05, 0.1) is 29.5 Å². The molecule has 3 aromatic carbocycles. The minimum atomic E-state index is -0.279. The van der Waals surface area contributed by atoms with Crippen molar-refractivity contribution in [1.82, 2.24) is 14.9 Å². The third-order valence-electron chi connectivity index (χ3n) is 6.46. The molecule has 0 saturated heterocycles. The van der Waals surface area contributed by atoms with E-state index >= 15 is 0 Å². The van der Waals surface area contributed by atoms with Crippen molar-refractivity contribution in [2.24, 2.45) is 5.92 Å². The maximum absolute atomic E-state index is 13.7. The van der Waals surface area contributed by atoms with Crippen LogP contribution in [0.5, 0.6) is 5.75 Å². The van der Waals surface area contributed by atoms with Crippen LogP contribution >= 0.6 is 11.8 Å². The van der Waals surface area contributed by atoms with Crippen LogP contribution in [0, 0.1) is 19.8 Å². The number of methoxy groups -OCH3 is 1. The monoisotopic (exact) mass is 543 g/mol. The Labute approximate surface area is 232 Å². The van der Waals surface area contributed by atoms with Gasteiger partial charge >= 0.3 is 0 Å². The number of nitrogens with one attached hydrogen (secondary N) is 1. The SMILES string of the molecule is COc1ccc(-n2c(SCC(=O)c3cc(C)ccc3C)nc3cc(C(=O)NCCC(C)C)ccc3c2=O)cc1. The zero-order valence-electron chi connectivity index (χ0n) is 22.9. The average Bonchev–Trinajstić information content (AvgIpc) is 2.92. The van der Waals surface area contributed by atoms with E-state index in [1.165, 1.54) is 16.3 Å². The number of amides is 1. The number of benzene rings is 3. The predicted octanol–water partition coefficient (Wildman–Crippen LogP) is 5.76. The van der Waals surface area contributed by atoms with E-state index < -0.39 is 0 Å². The lowest BCUT2D eigenvalue weighted by Crippen LogP contribution is -2.26. The lowest BCUT2D eigenvalue weighted by Gasteiger charge is -2.14. The molecule has 1 heterocycles. The third-order valence-corrected chi connectivity index (χ3v) is 7.40. The number of ether oxygens (including phenoxy) is 1. The summed E-state index contributed by atoms with van der Waals surface area (Å²) in [4.78, 5) is 44.4. The first-order valence-electron chi connectivity index (χ1n) is 12.9. The summed E-state index contributed by atoms with van der Waals surface area (Å²) < 4.78 is 6.78. The number of thioether (sulfide) groups is 1. The van der Waals surface area contributed by atoms with Crippen molar-refractivity contribution in [3.05, 3.63) is 93.3 Å². The Bertz CT molecular complexity index is 1580. The molecule has 0 aliphatic carbocycles. The van der Waals surface area contributed by atoms with Crippen LogP contribution in [0.2, 0.25) is 0 Å². The Morgan fingerprint density at radius 3 is 2.46 bits per heavy atom. The van der Waals surface area contributed by atoms with Crippen molar-refractivity contribution in [3.63, 3.8) is 0 Å². The van der Waals surface area contributed by atoms with Gasteiger partial charge < -0.3 is 10.1 Å². The zero-order chi connectivity index (χ0) is 28.1. The van der Waals surface area contributed by atoms with E-state index in [-0.39, 0.29) is 23.0 Å². The molecule has 0 saturated carbocycles. The fraction of sp³-hybridized carbons (Fsp3) is 0.290. The van der Waals surface area contributed by atoms with Gasteiger partial charge in [0.15, 0.2) is 10.9 Å². The molecule has 202 valence electrons. The Morgan fingerprint density at radius 2 is 1.77 bits per heavy atom. The van der Waals surface area contributed by atoms with Crippen LogP contribution in [0.3, 0.4) is 0 Å². The third kappa shape index (κ3) is 6.57. The molecule has 1 N–H and O–H groups in total. The number of hydrogen-bond acceptors (Lipinski definition) is 6. The van der Waals surface area contributed by atoms with Gasteiger partial charge in [0.1, 0.15) is 5.75 Å². The quantitative estimate of drug-likeness (QED) is 0.155. The summed E-state index contributed by atoms with van der Waals surface area (Å²) >= 11 is 1.20. The number of aromatic nitrogens is 2. The molecule has 0 fully saturated rings. The molecule has 4 rings (SSSR count). The molecule has 0 aliphatic heterocycles. The lowest BCUT2D eigenvalue weighted by atomic mass is 10.0. The van der Waals surface area contributed by atoms with Gasteiger partial charge in [-0.2, -0.15) is 0 Å². The van der Waals surface area contributed by atoms with E-state index in [2.05, 4.69) is 19.2 Å².